The van der Waals surface area contributed by atoms with Gasteiger partial charge in [0.15, 0.2) is 0 Å². The highest BCUT2D eigenvalue weighted by Gasteiger charge is 2.26. The second-order valence-electron chi connectivity index (χ2n) is 5.50. The number of fused-ring (bicyclic) bond motifs is 1. The fourth-order valence-electron chi connectivity index (χ4n) is 2.72. The van der Waals surface area contributed by atoms with Gasteiger partial charge in [-0.1, -0.05) is 42.5 Å². The summed E-state index contributed by atoms with van der Waals surface area (Å²) in [5.41, 5.74) is 4.28. The number of halogens is 1. The molecular weight excluding hydrogens is 342 g/mol. The van der Waals surface area contributed by atoms with Gasteiger partial charge in [-0.05, 0) is 52.4 Å². The molecule has 0 radical (unpaired) electrons. The van der Waals surface area contributed by atoms with E-state index in [-0.39, 0.29) is 6.09 Å². The van der Waals surface area contributed by atoms with E-state index in [4.69, 9.17) is 4.74 Å². The second-order valence-corrected chi connectivity index (χ2v) is 6.29. The van der Waals surface area contributed by atoms with Gasteiger partial charge >= 0.3 is 6.09 Å². The lowest BCUT2D eigenvalue weighted by molar-refractivity contribution is 0.146. The van der Waals surface area contributed by atoms with Crippen molar-refractivity contribution in [1.82, 2.24) is 0 Å². The molecule has 0 unspecified atom stereocenters. The lowest BCUT2D eigenvalue weighted by Crippen LogP contribution is -2.36. The van der Waals surface area contributed by atoms with Crippen LogP contribution in [0.25, 0.3) is 0 Å². The molecule has 3 rings (SSSR count). The van der Waals surface area contributed by atoms with E-state index in [9.17, 15) is 4.79 Å². The highest BCUT2D eigenvalue weighted by molar-refractivity contribution is 9.10. The van der Waals surface area contributed by atoms with Crippen molar-refractivity contribution in [2.75, 3.05) is 11.4 Å². The lowest BCUT2D eigenvalue weighted by Gasteiger charge is -2.30. The summed E-state index contributed by atoms with van der Waals surface area (Å²) in [7, 11) is 0. The predicted molar refractivity (Wildman–Crippen MR) is 91.2 cm³/mol. The number of hydrogen-bond donors (Lipinski definition) is 0. The first-order valence-corrected chi connectivity index (χ1v) is 8.22. The van der Waals surface area contributed by atoms with E-state index in [2.05, 4.69) is 28.1 Å². The van der Waals surface area contributed by atoms with Gasteiger partial charge in [-0.25, -0.2) is 4.79 Å². The van der Waals surface area contributed by atoms with Crippen molar-refractivity contribution in [1.29, 1.82) is 0 Å². The van der Waals surface area contributed by atoms with Crippen LogP contribution in [0.4, 0.5) is 10.5 Å². The molecule has 0 saturated heterocycles. The minimum atomic E-state index is -0.281. The van der Waals surface area contributed by atoms with Crippen LogP contribution in [-0.4, -0.2) is 12.6 Å². The van der Waals surface area contributed by atoms with Crippen molar-refractivity contribution >= 4 is 27.7 Å². The number of amides is 1. The van der Waals surface area contributed by atoms with Gasteiger partial charge < -0.3 is 4.74 Å². The van der Waals surface area contributed by atoms with Crippen LogP contribution < -0.4 is 4.90 Å². The monoisotopic (exact) mass is 359 g/mol. The van der Waals surface area contributed by atoms with Crippen LogP contribution in [0.2, 0.25) is 0 Å². The average molecular weight is 360 g/mol. The van der Waals surface area contributed by atoms with Crippen LogP contribution in [0.1, 0.15) is 23.1 Å². The third kappa shape index (κ3) is 3.02. The lowest BCUT2D eigenvalue weighted by atomic mass is 10.0. The third-order valence-electron chi connectivity index (χ3n) is 3.92. The Kier molecular flexibility index (Phi) is 4.48. The van der Waals surface area contributed by atoms with Gasteiger partial charge in [-0.3, -0.25) is 4.90 Å². The summed E-state index contributed by atoms with van der Waals surface area (Å²) in [5.74, 6) is 0. The van der Waals surface area contributed by atoms with Crippen LogP contribution in [0.5, 0.6) is 0 Å². The Morgan fingerprint density at radius 1 is 1.23 bits per heavy atom. The summed E-state index contributed by atoms with van der Waals surface area (Å²) in [5, 5.41) is 0. The van der Waals surface area contributed by atoms with E-state index >= 15 is 0 Å². The van der Waals surface area contributed by atoms with Crippen LogP contribution in [-0.2, 0) is 17.8 Å². The molecule has 0 saturated carbocycles. The maximum Gasteiger partial charge on any atom is 0.414 e. The van der Waals surface area contributed by atoms with Gasteiger partial charge in [-0.15, -0.1) is 0 Å². The standard InChI is InChI=1S/C18H18BrNO2/c1-13-9-10-15-8-5-11-20(17(15)16(13)19)18(21)22-12-14-6-3-2-4-7-14/h2-4,6-7,9-10H,5,8,11-12H2,1H3. The van der Waals surface area contributed by atoms with Crippen molar-refractivity contribution in [3.05, 3.63) is 63.6 Å². The number of nitrogens with zero attached hydrogens (tertiary/aromatic N) is 1. The van der Waals surface area contributed by atoms with Crippen molar-refractivity contribution in [2.45, 2.75) is 26.4 Å². The van der Waals surface area contributed by atoms with Crippen LogP contribution in [0, 0.1) is 6.92 Å². The van der Waals surface area contributed by atoms with Gasteiger partial charge in [0.1, 0.15) is 6.61 Å². The number of ether oxygens (including phenoxy) is 1. The van der Waals surface area contributed by atoms with E-state index in [1.165, 1.54) is 5.56 Å². The Morgan fingerprint density at radius 2 is 2.00 bits per heavy atom. The fourth-order valence-corrected chi connectivity index (χ4v) is 3.32. The number of benzene rings is 2. The highest BCUT2D eigenvalue weighted by Crippen LogP contribution is 2.37. The summed E-state index contributed by atoms with van der Waals surface area (Å²) in [4.78, 5) is 14.2. The van der Waals surface area contributed by atoms with Crippen molar-refractivity contribution in [2.24, 2.45) is 0 Å². The molecule has 0 bridgehead atoms. The first-order valence-electron chi connectivity index (χ1n) is 7.43. The molecule has 114 valence electrons. The number of aryl methyl sites for hydroxylation is 2. The van der Waals surface area contributed by atoms with Crippen LogP contribution in [0.15, 0.2) is 46.9 Å². The minimum Gasteiger partial charge on any atom is -0.444 e. The number of hydrogen-bond acceptors (Lipinski definition) is 2. The minimum absolute atomic E-state index is 0.281. The Hall–Kier alpha value is -1.81. The summed E-state index contributed by atoms with van der Waals surface area (Å²) < 4.78 is 6.47. The van der Waals surface area contributed by atoms with Crippen molar-refractivity contribution in [3.8, 4) is 0 Å². The molecule has 2 aromatic rings. The molecule has 1 aliphatic rings. The first kappa shape index (κ1) is 15.1. The van der Waals surface area contributed by atoms with Gasteiger partial charge in [0.2, 0.25) is 0 Å². The predicted octanol–water partition coefficient (Wildman–Crippen LogP) is 4.85. The maximum absolute atomic E-state index is 12.5. The largest absolute Gasteiger partial charge is 0.444 e. The molecule has 0 atom stereocenters. The number of carbonyl (C=O) groups excluding carboxylic acids is 1. The Bertz CT molecular complexity index is 685. The Balaban J connectivity index is 1.79. The molecule has 1 amide bonds. The summed E-state index contributed by atoms with van der Waals surface area (Å²) >= 11 is 3.62. The van der Waals surface area contributed by atoms with E-state index in [1.54, 1.807) is 4.90 Å². The topological polar surface area (TPSA) is 29.5 Å². The quantitative estimate of drug-likeness (QED) is 0.767. The number of rotatable bonds is 2. The second kappa shape index (κ2) is 6.53. The third-order valence-corrected chi connectivity index (χ3v) is 4.92. The van der Waals surface area contributed by atoms with Gasteiger partial charge in [0, 0.05) is 11.0 Å². The van der Waals surface area contributed by atoms with Gasteiger partial charge in [0.05, 0.1) is 5.69 Å². The average Bonchev–Trinajstić information content (AvgIpc) is 2.56. The van der Waals surface area contributed by atoms with Crippen molar-refractivity contribution in [3.63, 3.8) is 0 Å². The number of anilines is 1. The maximum atomic E-state index is 12.5. The highest BCUT2D eigenvalue weighted by atomic mass is 79.9. The van der Waals surface area contributed by atoms with Gasteiger partial charge in [-0.2, -0.15) is 0 Å². The molecule has 22 heavy (non-hydrogen) atoms. The summed E-state index contributed by atoms with van der Waals surface area (Å²) in [6.45, 7) is 3.03. The zero-order valence-electron chi connectivity index (χ0n) is 12.5. The molecule has 0 N–H and O–H groups in total. The van der Waals surface area contributed by atoms with Crippen LogP contribution >= 0.6 is 15.9 Å². The summed E-state index contributed by atoms with van der Waals surface area (Å²) in [6.07, 6.45) is 1.68. The Labute approximate surface area is 139 Å². The molecule has 0 aromatic heterocycles. The molecule has 0 fully saturated rings. The molecule has 1 heterocycles. The molecular formula is C18H18BrNO2. The molecule has 1 aliphatic heterocycles. The first-order chi connectivity index (χ1) is 10.7. The zero-order valence-corrected chi connectivity index (χ0v) is 14.1. The van der Waals surface area contributed by atoms with E-state index in [1.807, 2.05) is 37.3 Å². The van der Waals surface area contributed by atoms with Gasteiger partial charge in [0.25, 0.3) is 0 Å². The smallest absolute Gasteiger partial charge is 0.414 e. The Morgan fingerprint density at radius 3 is 2.77 bits per heavy atom. The van der Waals surface area contributed by atoms with E-state index in [0.29, 0.717) is 13.2 Å². The molecule has 0 spiro atoms. The molecule has 0 aliphatic carbocycles. The molecule has 2 aromatic carbocycles. The molecule has 3 nitrogen and oxygen atoms in total. The fraction of sp³-hybridized carbons (Fsp3) is 0.278. The van der Waals surface area contributed by atoms with Crippen LogP contribution in [0.3, 0.4) is 0 Å². The SMILES string of the molecule is Cc1ccc2c(c1Br)N(C(=O)OCc1ccccc1)CCC2. The number of carbonyl (C=O) groups is 1. The van der Waals surface area contributed by atoms with E-state index < -0.39 is 0 Å². The summed E-state index contributed by atoms with van der Waals surface area (Å²) in [6, 6.07) is 13.9. The zero-order chi connectivity index (χ0) is 15.5. The van der Waals surface area contributed by atoms with E-state index in [0.717, 1.165) is 34.1 Å². The van der Waals surface area contributed by atoms with Crippen molar-refractivity contribution < 1.29 is 9.53 Å². The molecule has 4 heteroatoms. The normalized spacial score (nSPS) is 13.6.